The van der Waals surface area contributed by atoms with Crippen molar-refractivity contribution in [3.63, 3.8) is 0 Å². The fourth-order valence-corrected chi connectivity index (χ4v) is 2.81. The average molecular weight is 245 g/mol. The third kappa shape index (κ3) is 12.5. The van der Waals surface area contributed by atoms with Gasteiger partial charge < -0.3 is 0 Å². The summed E-state index contributed by atoms with van der Waals surface area (Å²) in [6.07, 6.45) is 1.26. The molecular formula is C5H17BrSSi2. The summed E-state index contributed by atoms with van der Waals surface area (Å²) >= 11 is 7.82. The summed E-state index contributed by atoms with van der Waals surface area (Å²) < 4.78 is 0. The first-order valence-electron chi connectivity index (χ1n) is 2.86. The number of hydrogen-bond donors (Lipinski definition) is 1. The zero-order valence-corrected chi connectivity index (χ0v) is 8.93. The van der Waals surface area contributed by atoms with E-state index in [1.807, 2.05) is 0 Å². The smallest absolute Gasteiger partial charge is 0.124 e. The molecule has 0 aliphatic heterocycles. The lowest BCUT2D eigenvalue weighted by Crippen LogP contribution is -2.14. The fraction of sp³-hybridized carbons (Fsp3) is 1.00. The summed E-state index contributed by atoms with van der Waals surface area (Å²) in [4.78, 5) is 0. The van der Waals surface area contributed by atoms with Crippen molar-refractivity contribution in [2.45, 2.75) is 25.6 Å². The maximum absolute atomic E-state index is 4.13. The zero-order valence-electron chi connectivity index (χ0n) is 5.45. The highest BCUT2D eigenvalue weighted by molar-refractivity contribution is 9.26. The molecule has 0 radical (unpaired) electrons. The standard InChI is InChI=1S/C5H13BrSSi.H4Si/c1-8(2,6)5-3-4-7;/h7H,3-5H2,1-2H3;1H4. The Morgan fingerprint density at radius 1 is 1.44 bits per heavy atom. The zero-order chi connectivity index (χ0) is 6.62. The van der Waals surface area contributed by atoms with Crippen LogP contribution in [0.5, 0.6) is 0 Å². The Hall–Kier alpha value is 1.26. The Morgan fingerprint density at radius 2 is 1.89 bits per heavy atom. The Kier molecular flexibility index (Phi) is 8.61. The molecule has 58 valence electrons. The van der Waals surface area contributed by atoms with E-state index in [1.54, 1.807) is 0 Å². The Bertz CT molecular complexity index is 62.5. The molecule has 0 saturated carbocycles. The van der Waals surface area contributed by atoms with Gasteiger partial charge in [0.2, 0.25) is 0 Å². The van der Waals surface area contributed by atoms with Gasteiger partial charge in [-0.15, -0.1) is 15.3 Å². The van der Waals surface area contributed by atoms with Crippen LogP contribution in [0.4, 0.5) is 0 Å². The summed E-state index contributed by atoms with van der Waals surface area (Å²) in [5.41, 5.74) is 0. The molecule has 0 atom stereocenters. The highest BCUT2D eigenvalue weighted by Gasteiger charge is 2.13. The SMILES string of the molecule is C[Si](C)(Br)CCCS.[SiH4]. The molecule has 0 saturated heterocycles. The Balaban J connectivity index is 0. The van der Waals surface area contributed by atoms with E-state index in [1.165, 1.54) is 12.5 Å². The van der Waals surface area contributed by atoms with Crippen LogP contribution in [0.2, 0.25) is 19.1 Å². The molecule has 0 amide bonds. The summed E-state index contributed by atoms with van der Waals surface area (Å²) in [6, 6.07) is 1.34. The van der Waals surface area contributed by atoms with E-state index < -0.39 is 6.69 Å². The normalized spacial score (nSPS) is 10.7. The summed E-state index contributed by atoms with van der Waals surface area (Å²) in [5.74, 6) is 1.03. The van der Waals surface area contributed by atoms with E-state index in [2.05, 4.69) is 41.0 Å². The molecule has 0 aromatic heterocycles. The summed E-state index contributed by atoms with van der Waals surface area (Å²) in [7, 11) is 0. The van der Waals surface area contributed by atoms with Crippen LogP contribution in [-0.2, 0) is 0 Å². The van der Waals surface area contributed by atoms with Crippen molar-refractivity contribution in [2.24, 2.45) is 0 Å². The van der Waals surface area contributed by atoms with Crippen LogP contribution in [0.3, 0.4) is 0 Å². The highest BCUT2D eigenvalue weighted by Crippen LogP contribution is 2.18. The van der Waals surface area contributed by atoms with Crippen molar-refractivity contribution >= 4 is 45.6 Å². The average Bonchev–Trinajstić information content (AvgIpc) is 1.59. The first-order valence-corrected chi connectivity index (χ1v) is 8.96. The molecule has 0 N–H and O–H groups in total. The van der Waals surface area contributed by atoms with Gasteiger partial charge in [-0.3, -0.25) is 0 Å². The van der Waals surface area contributed by atoms with Crippen LogP contribution >= 0.6 is 27.9 Å². The topological polar surface area (TPSA) is 0 Å². The van der Waals surface area contributed by atoms with Crippen LogP contribution in [0, 0.1) is 0 Å². The van der Waals surface area contributed by atoms with Gasteiger partial charge in [-0.2, -0.15) is 12.6 Å². The molecule has 0 aliphatic carbocycles. The summed E-state index contributed by atoms with van der Waals surface area (Å²) in [5, 5.41) is 0. The third-order valence-corrected chi connectivity index (χ3v) is 3.98. The van der Waals surface area contributed by atoms with Crippen LogP contribution in [0.25, 0.3) is 0 Å². The van der Waals surface area contributed by atoms with Gasteiger partial charge in [0.1, 0.15) is 6.69 Å². The third-order valence-electron chi connectivity index (χ3n) is 0.929. The lowest BCUT2D eigenvalue weighted by Gasteiger charge is -2.10. The molecule has 0 nitrogen and oxygen atoms in total. The molecule has 0 heterocycles. The first kappa shape index (κ1) is 12.9. The quantitative estimate of drug-likeness (QED) is 0.434. The van der Waals surface area contributed by atoms with E-state index >= 15 is 0 Å². The molecule has 0 bridgehead atoms. The molecule has 4 heteroatoms. The van der Waals surface area contributed by atoms with Crippen molar-refractivity contribution in [1.29, 1.82) is 0 Å². The molecule has 9 heavy (non-hydrogen) atoms. The minimum absolute atomic E-state index is 0. The molecule has 0 spiro atoms. The van der Waals surface area contributed by atoms with E-state index in [0.29, 0.717) is 0 Å². The van der Waals surface area contributed by atoms with Gasteiger partial charge in [-0.1, -0.05) is 13.1 Å². The number of thiol groups is 1. The van der Waals surface area contributed by atoms with Crippen molar-refractivity contribution in [3.8, 4) is 0 Å². The first-order chi connectivity index (χ1) is 3.56. The van der Waals surface area contributed by atoms with Crippen LogP contribution in [-0.4, -0.2) is 23.4 Å². The number of hydrogen-bond acceptors (Lipinski definition) is 1. The Labute approximate surface area is 76.8 Å². The fourth-order valence-electron chi connectivity index (χ4n) is 0.499. The van der Waals surface area contributed by atoms with Gasteiger partial charge in [0, 0.05) is 0 Å². The number of halogens is 1. The van der Waals surface area contributed by atoms with Crippen molar-refractivity contribution < 1.29 is 0 Å². The largest absolute Gasteiger partial charge is 0.179 e. The lowest BCUT2D eigenvalue weighted by atomic mass is 10.6. The van der Waals surface area contributed by atoms with Gasteiger partial charge in [-0.05, 0) is 29.2 Å². The van der Waals surface area contributed by atoms with Gasteiger partial charge in [0.25, 0.3) is 0 Å². The van der Waals surface area contributed by atoms with Crippen molar-refractivity contribution in [2.75, 3.05) is 5.75 Å². The monoisotopic (exact) mass is 244 g/mol. The highest BCUT2D eigenvalue weighted by atomic mass is 79.9. The minimum Gasteiger partial charge on any atom is -0.179 e. The molecule has 0 unspecified atom stereocenters. The second kappa shape index (κ2) is 6.01. The van der Waals surface area contributed by atoms with Crippen LogP contribution < -0.4 is 0 Å². The van der Waals surface area contributed by atoms with E-state index in [-0.39, 0.29) is 11.0 Å². The van der Waals surface area contributed by atoms with Gasteiger partial charge in [0.05, 0.1) is 0 Å². The van der Waals surface area contributed by atoms with Gasteiger partial charge in [0.15, 0.2) is 0 Å². The minimum atomic E-state index is -0.915. The second-order valence-corrected chi connectivity index (χ2v) is 13.4. The van der Waals surface area contributed by atoms with Crippen LogP contribution in [0.1, 0.15) is 6.42 Å². The lowest BCUT2D eigenvalue weighted by molar-refractivity contribution is 1.08. The summed E-state index contributed by atoms with van der Waals surface area (Å²) in [6.45, 7) is 3.72. The maximum atomic E-state index is 4.13. The van der Waals surface area contributed by atoms with Gasteiger partial charge >= 0.3 is 0 Å². The van der Waals surface area contributed by atoms with Crippen molar-refractivity contribution in [3.05, 3.63) is 0 Å². The van der Waals surface area contributed by atoms with E-state index in [0.717, 1.165) is 5.75 Å². The van der Waals surface area contributed by atoms with Crippen molar-refractivity contribution in [1.82, 2.24) is 0 Å². The molecule has 0 fully saturated rings. The molecular weight excluding hydrogens is 228 g/mol. The van der Waals surface area contributed by atoms with Crippen LogP contribution in [0.15, 0.2) is 0 Å². The molecule has 0 aliphatic rings. The van der Waals surface area contributed by atoms with Gasteiger partial charge in [-0.25, -0.2) is 0 Å². The second-order valence-electron chi connectivity index (χ2n) is 2.55. The number of rotatable bonds is 3. The maximum Gasteiger partial charge on any atom is 0.124 e. The Morgan fingerprint density at radius 3 is 2.00 bits per heavy atom. The molecule has 0 aromatic rings. The molecule has 0 rings (SSSR count). The molecule has 0 aromatic carbocycles. The van der Waals surface area contributed by atoms with E-state index in [9.17, 15) is 0 Å². The predicted octanol–water partition coefficient (Wildman–Crippen LogP) is 1.45. The predicted molar refractivity (Wildman–Crippen MR) is 61.0 cm³/mol. The van der Waals surface area contributed by atoms with E-state index in [4.69, 9.17) is 0 Å².